The van der Waals surface area contributed by atoms with Crippen LogP contribution in [0.3, 0.4) is 0 Å². The fourth-order valence-electron chi connectivity index (χ4n) is 5.11. The molecular weight excluding hydrogens is 394 g/mol. The molecule has 7 nitrogen and oxygen atoms in total. The lowest BCUT2D eigenvalue weighted by molar-refractivity contribution is -0.160. The zero-order valence-electron chi connectivity index (χ0n) is 17.9. The van der Waals surface area contributed by atoms with E-state index in [0.717, 1.165) is 72.3 Å². The topological polar surface area (TPSA) is 55.4 Å². The van der Waals surface area contributed by atoms with Crippen LogP contribution < -0.4 is 24.4 Å². The van der Waals surface area contributed by atoms with Gasteiger partial charge in [0.25, 0.3) is 0 Å². The minimum Gasteiger partial charge on any atom is -0.493 e. The number of likely N-dealkylation sites (tertiary alicyclic amines) is 1. The van der Waals surface area contributed by atoms with Crippen molar-refractivity contribution in [1.82, 2.24) is 15.3 Å². The second kappa shape index (κ2) is 7.07. The van der Waals surface area contributed by atoms with E-state index in [-0.39, 0.29) is 12.8 Å². The molecule has 1 fully saturated rings. The number of ether oxygens (including phenoxy) is 4. The molecule has 7 heteroatoms. The van der Waals surface area contributed by atoms with Crippen LogP contribution in [-0.4, -0.2) is 49.2 Å². The number of methoxy groups -OCH3 is 1. The van der Waals surface area contributed by atoms with Crippen molar-refractivity contribution in [3.05, 3.63) is 53.6 Å². The van der Waals surface area contributed by atoms with Gasteiger partial charge in [-0.05, 0) is 36.9 Å². The highest BCUT2D eigenvalue weighted by atomic mass is 16.7. The Morgan fingerprint density at radius 3 is 2.77 bits per heavy atom. The summed E-state index contributed by atoms with van der Waals surface area (Å²) in [6, 6.07) is 12.3. The van der Waals surface area contributed by atoms with Gasteiger partial charge in [0.05, 0.1) is 18.8 Å². The Bertz CT molecular complexity index is 1050. The fourth-order valence-corrected chi connectivity index (χ4v) is 5.11. The molecule has 0 aliphatic carbocycles. The summed E-state index contributed by atoms with van der Waals surface area (Å²) in [5.41, 5.74) is 6.51. The zero-order chi connectivity index (χ0) is 21.0. The lowest BCUT2D eigenvalue weighted by Crippen LogP contribution is -2.63. The third kappa shape index (κ3) is 2.87. The van der Waals surface area contributed by atoms with Gasteiger partial charge in [-0.1, -0.05) is 19.1 Å². The first kappa shape index (κ1) is 18.8. The van der Waals surface area contributed by atoms with Gasteiger partial charge in [-0.3, -0.25) is 0 Å². The number of nitrogens with zero attached hydrogens (tertiary/aromatic N) is 2. The number of rotatable bonds is 3. The van der Waals surface area contributed by atoms with Crippen molar-refractivity contribution in [2.24, 2.45) is 0 Å². The molecule has 0 radical (unpaired) electrons. The minimum absolute atomic E-state index is 0.0625. The minimum atomic E-state index is -0.424. The van der Waals surface area contributed by atoms with Crippen LogP contribution in [-0.2, 0) is 0 Å². The molecule has 0 unspecified atom stereocenters. The van der Waals surface area contributed by atoms with Gasteiger partial charge in [-0.15, -0.1) is 0 Å². The van der Waals surface area contributed by atoms with Gasteiger partial charge in [0.1, 0.15) is 0 Å². The van der Waals surface area contributed by atoms with Crippen LogP contribution in [0.15, 0.2) is 42.5 Å². The quantitative estimate of drug-likeness (QED) is 0.814. The molecule has 31 heavy (non-hydrogen) atoms. The average Bonchev–Trinajstić information content (AvgIpc) is 3.47. The fraction of sp³-hybridized carbons (Fsp3) is 0.417. The number of benzene rings is 2. The average molecular weight is 421 g/mol. The van der Waals surface area contributed by atoms with Crippen molar-refractivity contribution in [2.45, 2.75) is 31.5 Å². The molecule has 2 aromatic carbocycles. The van der Waals surface area contributed by atoms with Gasteiger partial charge in [0, 0.05) is 37.1 Å². The van der Waals surface area contributed by atoms with E-state index in [2.05, 4.69) is 40.5 Å². The summed E-state index contributed by atoms with van der Waals surface area (Å²) in [6.07, 6.45) is 4.13. The van der Waals surface area contributed by atoms with Gasteiger partial charge in [0.2, 0.25) is 6.79 Å². The standard InChI is InChI=1S/C24H27N3O4/c1-3-26-11-9-24(10-12-26)27-19(17-5-4-6-21(28-2)23(17)31-24)14-18(25-27)16-7-8-20-22(13-16)30-15-29-20/h4-8,13-14,19,25H,3,9-12,15H2,1-2H3/t19-/m1/s1. The van der Waals surface area contributed by atoms with Crippen molar-refractivity contribution in [2.75, 3.05) is 33.5 Å². The Labute approximate surface area is 182 Å². The molecule has 2 aromatic rings. The van der Waals surface area contributed by atoms with E-state index >= 15 is 0 Å². The van der Waals surface area contributed by atoms with Crippen LogP contribution in [0.5, 0.6) is 23.0 Å². The molecule has 4 aliphatic heterocycles. The number of hydrogen-bond donors (Lipinski definition) is 1. The lowest BCUT2D eigenvalue weighted by atomic mass is 9.92. The Morgan fingerprint density at radius 1 is 1.13 bits per heavy atom. The maximum Gasteiger partial charge on any atom is 0.231 e. The van der Waals surface area contributed by atoms with Crippen molar-refractivity contribution < 1.29 is 18.9 Å². The van der Waals surface area contributed by atoms with Gasteiger partial charge in [0.15, 0.2) is 28.7 Å². The highest BCUT2D eigenvalue weighted by Gasteiger charge is 2.52. The summed E-state index contributed by atoms with van der Waals surface area (Å²) < 4.78 is 23.5. The van der Waals surface area contributed by atoms with Gasteiger partial charge < -0.3 is 29.3 Å². The highest BCUT2D eigenvalue weighted by molar-refractivity contribution is 5.70. The van der Waals surface area contributed by atoms with Crippen LogP contribution in [0.25, 0.3) is 5.70 Å². The van der Waals surface area contributed by atoms with E-state index < -0.39 is 5.72 Å². The van der Waals surface area contributed by atoms with E-state index in [1.807, 2.05) is 24.3 Å². The number of nitrogens with one attached hydrogen (secondary N) is 1. The molecule has 1 atom stereocenters. The molecule has 1 N–H and O–H groups in total. The van der Waals surface area contributed by atoms with Gasteiger partial charge >= 0.3 is 0 Å². The largest absolute Gasteiger partial charge is 0.493 e. The first-order chi connectivity index (χ1) is 15.2. The SMILES string of the molecule is CCN1CCC2(CC1)Oc1c(OC)cccc1[C@H]1C=C(c3ccc4c(c3)OCO4)NN12. The predicted octanol–water partition coefficient (Wildman–Crippen LogP) is 3.53. The Hall–Kier alpha value is -2.90. The summed E-state index contributed by atoms with van der Waals surface area (Å²) in [5, 5.41) is 2.31. The normalized spacial score (nSPS) is 23.5. The molecule has 0 aromatic heterocycles. The number of hydrazine groups is 1. The first-order valence-electron chi connectivity index (χ1n) is 11.0. The summed E-state index contributed by atoms with van der Waals surface area (Å²) in [6.45, 7) is 5.57. The van der Waals surface area contributed by atoms with Gasteiger partial charge in [-0.2, -0.15) is 5.01 Å². The summed E-state index contributed by atoms with van der Waals surface area (Å²) in [5.74, 6) is 3.23. The molecule has 0 saturated carbocycles. The highest BCUT2D eigenvalue weighted by Crippen LogP contribution is 2.51. The number of para-hydroxylation sites is 1. The zero-order valence-corrected chi connectivity index (χ0v) is 17.9. The molecule has 1 saturated heterocycles. The Kier molecular flexibility index (Phi) is 4.30. The molecule has 0 amide bonds. The molecule has 1 spiro atoms. The Morgan fingerprint density at radius 2 is 1.97 bits per heavy atom. The van der Waals surface area contributed by atoms with Crippen LogP contribution in [0.4, 0.5) is 0 Å². The first-order valence-corrected chi connectivity index (χ1v) is 11.0. The molecule has 162 valence electrons. The second-order valence-electron chi connectivity index (χ2n) is 8.44. The van der Waals surface area contributed by atoms with E-state index in [1.165, 1.54) is 0 Å². The third-order valence-electron chi connectivity index (χ3n) is 6.89. The van der Waals surface area contributed by atoms with E-state index in [4.69, 9.17) is 18.9 Å². The summed E-state index contributed by atoms with van der Waals surface area (Å²) >= 11 is 0. The van der Waals surface area contributed by atoms with E-state index in [0.29, 0.717) is 0 Å². The number of piperidine rings is 1. The lowest BCUT2D eigenvalue weighted by Gasteiger charge is -2.51. The monoisotopic (exact) mass is 421 g/mol. The second-order valence-corrected chi connectivity index (χ2v) is 8.44. The molecule has 6 rings (SSSR count). The van der Waals surface area contributed by atoms with E-state index in [9.17, 15) is 0 Å². The molecule has 4 aliphatic rings. The smallest absolute Gasteiger partial charge is 0.231 e. The van der Waals surface area contributed by atoms with Crippen LogP contribution in [0, 0.1) is 0 Å². The van der Waals surface area contributed by atoms with Crippen molar-refractivity contribution in [3.63, 3.8) is 0 Å². The molecule has 4 heterocycles. The van der Waals surface area contributed by atoms with Crippen molar-refractivity contribution in [3.8, 4) is 23.0 Å². The van der Waals surface area contributed by atoms with Crippen LogP contribution >= 0.6 is 0 Å². The van der Waals surface area contributed by atoms with E-state index in [1.54, 1.807) is 7.11 Å². The molecule has 0 bridgehead atoms. The number of fused-ring (bicyclic) bond motifs is 5. The maximum atomic E-state index is 6.78. The number of hydrogen-bond acceptors (Lipinski definition) is 7. The predicted molar refractivity (Wildman–Crippen MR) is 116 cm³/mol. The van der Waals surface area contributed by atoms with Crippen LogP contribution in [0.2, 0.25) is 0 Å². The Balaban J connectivity index is 1.41. The maximum absolute atomic E-state index is 6.78. The third-order valence-corrected chi connectivity index (χ3v) is 6.89. The summed E-state index contributed by atoms with van der Waals surface area (Å²) in [4.78, 5) is 2.48. The summed E-state index contributed by atoms with van der Waals surface area (Å²) in [7, 11) is 1.71. The van der Waals surface area contributed by atoms with Gasteiger partial charge in [-0.25, -0.2) is 0 Å². The van der Waals surface area contributed by atoms with Crippen molar-refractivity contribution in [1.29, 1.82) is 0 Å². The molecular formula is C24H27N3O4. The van der Waals surface area contributed by atoms with Crippen LogP contribution in [0.1, 0.15) is 36.9 Å². The van der Waals surface area contributed by atoms with Crippen molar-refractivity contribution >= 4 is 5.70 Å².